The van der Waals surface area contributed by atoms with E-state index in [1.165, 1.54) is 16.9 Å². The van der Waals surface area contributed by atoms with E-state index in [1.807, 2.05) is 10.3 Å². The Balaban J connectivity index is 1.56. The second-order valence-corrected chi connectivity index (χ2v) is 7.17. The quantitative estimate of drug-likeness (QED) is 0.847. The number of morpholine rings is 1. The fourth-order valence-corrected chi connectivity index (χ4v) is 4.33. The molecule has 1 saturated carbocycles. The average molecular weight is 328 g/mol. The number of amides is 1. The lowest BCUT2D eigenvalue weighted by atomic mass is 10.1. The van der Waals surface area contributed by atoms with Gasteiger partial charge in [0.2, 0.25) is 0 Å². The number of aryl methyl sites for hydroxylation is 1. The van der Waals surface area contributed by atoms with Crippen LogP contribution in [-0.2, 0) is 4.74 Å². The molecule has 2 fully saturated rings. The number of benzene rings is 1. The number of ether oxygens (including phenoxy) is 1. The minimum absolute atomic E-state index is 0.0554. The molecule has 4 nitrogen and oxygen atoms in total. The van der Waals surface area contributed by atoms with Crippen LogP contribution in [-0.4, -0.2) is 41.1 Å². The summed E-state index contributed by atoms with van der Waals surface area (Å²) < 4.78 is 5.79. The first-order valence-electron chi connectivity index (χ1n) is 8.17. The molecule has 0 radical (unpaired) electrons. The summed E-state index contributed by atoms with van der Waals surface area (Å²) in [6, 6.07) is 8.50. The van der Waals surface area contributed by atoms with Crippen LogP contribution in [0.5, 0.6) is 0 Å². The minimum atomic E-state index is 0.0554. The van der Waals surface area contributed by atoms with Crippen LogP contribution in [0.4, 0.5) is 0 Å². The molecular weight excluding hydrogens is 308 g/mol. The Morgan fingerprint density at radius 1 is 1.30 bits per heavy atom. The van der Waals surface area contributed by atoms with Crippen molar-refractivity contribution in [3.63, 3.8) is 0 Å². The van der Waals surface area contributed by atoms with Crippen LogP contribution in [0.1, 0.15) is 35.3 Å². The van der Waals surface area contributed by atoms with Gasteiger partial charge in [-0.1, -0.05) is 29.8 Å². The van der Waals surface area contributed by atoms with E-state index in [0.717, 1.165) is 29.8 Å². The summed E-state index contributed by atoms with van der Waals surface area (Å²) in [6.07, 6.45) is 3.49. The Morgan fingerprint density at radius 2 is 2.13 bits per heavy atom. The second-order valence-electron chi connectivity index (χ2n) is 6.31. The van der Waals surface area contributed by atoms with Gasteiger partial charge in [0.15, 0.2) is 0 Å². The van der Waals surface area contributed by atoms with Crippen LogP contribution in [0, 0.1) is 6.92 Å². The third-order valence-corrected chi connectivity index (χ3v) is 5.66. The van der Waals surface area contributed by atoms with Crippen molar-refractivity contribution in [1.82, 2.24) is 9.88 Å². The predicted octanol–water partition coefficient (Wildman–Crippen LogP) is 3.51. The number of carbonyl (C=O) groups excluding carboxylic acids is 1. The molecule has 2 atom stereocenters. The van der Waals surface area contributed by atoms with Crippen LogP contribution in [0.2, 0.25) is 0 Å². The lowest BCUT2D eigenvalue weighted by molar-refractivity contribution is -0.0447. The van der Waals surface area contributed by atoms with Crippen LogP contribution in [0.25, 0.3) is 10.6 Å². The van der Waals surface area contributed by atoms with Crippen LogP contribution >= 0.6 is 11.3 Å². The zero-order chi connectivity index (χ0) is 15.8. The summed E-state index contributed by atoms with van der Waals surface area (Å²) in [4.78, 5) is 19.4. The fourth-order valence-electron chi connectivity index (χ4n) is 3.53. The first-order chi connectivity index (χ1) is 11.2. The number of carbonyl (C=O) groups is 1. The highest BCUT2D eigenvalue weighted by Gasteiger charge is 2.39. The summed E-state index contributed by atoms with van der Waals surface area (Å²) >= 11 is 1.54. The number of thiazole rings is 1. The molecule has 2 aliphatic rings. The van der Waals surface area contributed by atoms with Crippen LogP contribution in [0.15, 0.2) is 29.6 Å². The molecule has 120 valence electrons. The van der Waals surface area contributed by atoms with Gasteiger partial charge < -0.3 is 9.64 Å². The third-order valence-electron chi connectivity index (χ3n) is 4.76. The summed E-state index contributed by atoms with van der Waals surface area (Å²) in [5.41, 5.74) is 2.86. The number of hydrogen-bond acceptors (Lipinski definition) is 4. The molecule has 1 aliphatic heterocycles. The van der Waals surface area contributed by atoms with Crippen molar-refractivity contribution in [3.8, 4) is 10.6 Å². The lowest BCUT2D eigenvalue weighted by Gasteiger charge is -2.37. The Hall–Kier alpha value is -1.72. The first-order valence-corrected chi connectivity index (χ1v) is 9.05. The van der Waals surface area contributed by atoms with E-state index < -0.39 is 0 Å². The number of fused-ring (bicyclic) bond motifs is 1. The van der Waals surface area contributed by atoms with Crippen molar-refractivity contribution < 1.29 is 9.53 Å². The van der Waals surface area contributed by atoms with Crippen molar-refractivity contribution >= 4 is 17.2 Å². The monoisotopic (exact) mass is 328 g/mol. The molecule has 23 heavy (non-hydrogen) atoms. The molecule has 1 aliphatic carbocycles. The minimum Gasteiger partial charge on any atom is -0.374 e. The lowest BCUT2D eigenvalue weighted by Crippen LogP contribution is -2.51. The van der Waals surface area contributed by atoms with Gasteiger partial charge in [-0.2, -0.15) is 0 Å². The van der Waals surface area contributed by atoms with Crippen molar-refractivity contribution in [2.45, 2.75) is 38.3 Å². The molecule has 5 heteroatoms. The number of rotatable bonds is 2. The Morgan fingerprint density at radius 3 is 2.96 bits per heavy atom. The van der Waals surface area contributed by atoms with E-state index in [9.17, 15) is 4.79 Å². The summed E-state index contributed by atoms with van der Waals surface area (Å²) in [5.74, 6) is 0.0554. The maximum absolute atomic E-state index is 12.9. The molecule has 1 aromatic heterocycles. The summed E-state index contributed by atoms with van der Waals surface area (Å²) in [5, 5.41) is 2.79. The standard InChI is InChI=1S/C18H20N2O2S/c1-12-5-7-13(8-6-12)17-19-14(11-23-17)18(21)20-9-10-22-16-4-2-3-15(16)20/h5-8,11,15-16H,2-4,9-10H2,1H3/t15-,16+/m0/s1. The molecule has 4 rings (SSSR count). The van der Waals surface area contributed by atoms with Gasteiger partial charge in [-0.3, -0.25) is 4.79 Å². The topological polar surface area (TPSA) is 42.4 Å². The molecule has 1 amide bonds. The SMILES string of the molecule is Cc1ccc(-c2nc(C(=O)N3CCO[C@@H]4CCC[C@@H]43)cs2)cc1. The van der Waals surface area contributed by atoms with Gasteiger partial charge >= 0.3 is 0 Å². The van der Waals surface area contributed by atoms with E-state index in [-0.39, 0.29) is 18.1 Å². The third kappa shape index (κ3) is 2.79. The molecule has 0 N–H and O–H groups in total. The maximum Gasteiger partial charge on any atom is 0.273 e. The zero-order valence-electron chi connectivity index (χ0n) is 13.2. The molecule has 0 bridgehead atoms. The van der Waals surface area contributed by atoms with Gasteiger partial charge in [-0.05, 0) is 26.2 Å². The number of nitrogens with zero attached hydrogens (tertiary/aromatic N) is 2. The van der Waals surface area contributed by atoms with E-state index in [1.54, 1.807) is 0 Å². The highest BCUT2D eigenvalue weighted by molar-refractivity contribution is 7.13. The van der Waals surface area contributed by atoms with Gasteiger partial charge in [-0.15, -0.1) is 11.3 Å². The molecule has 2 aromatic rings. The highest BCUT2D eigenvalue weighted by atomic mass is 32.1. The second kappa shape index (κ2) is 6.06. The van der Waals surface area contributed by atoms with Gasteiger partial charge in [0.1, 0.15) is 10.7 Å². The van der Waals surface area contributed by atoms with Crippen molar-refractivity contribution in [2.24, 2.45) is 0 Å². The Bertz CT molecular complexity index is 710. The van der Waals surface area contributed by atoms with Crippen molar-refractivity contribution in [3.05, 3.63) is 40.9 Å². The Kier molecular flexibility index (Phi) is 3.91. The number of aromatic nitrogens is 1. The van der Waals surface area contributed by atoms with E-state index >= 15 is 0 Å². The molecule has 2 heterocycles. The maximum atomic E-state index is 12.9. The van der Waals surface area contributed by atoms with E-state index in [4.69, 9.17) is 4.74 Å². The first kappa shape index (κ1) is 14.8. The average Bonchev–Trinajstić information content (AvgIpc) is 3.23. The zero-order valence-corrected chi connectivity index (χ0v) is 14.0. The van der Waals surface area contributed by atoms with Crippen LogP contribution < -0.4 is 0 Å². The largest absolute Gasteiger partial charge is 0.374 e. The summed E-state index contributed by atoms with van der Waals surface area (Å²) in [6.45, 7) is 3.39. The van der Waals surface area contributed by atoms with Gasteiger partial charge in [-0.25, -0.2) is 4.98 Å². The van der Waals surface area contributed by atoms with Crippen molar-refractivity contribution in [2.75, 3.05) is 13.2 Å². The van der Waals surface area contributed by atoms with E-state index in [0.29, 0.717) is 18.8 Å². The van der Waals surface area contributed by atoms with Crippen LogP contribution in [0.3, 0.4) is 0 Å². The summed E-state index contributed by atoms with van der Waals surface area (Å²) in [7, 11) is 0. The molecule has 0 unspecified atom stereocenters. The fraction of sp³-hybridized carbons (Fsp3) is 0.444. The number of hydrogen-bond donors (Lipinski definition) is 0. The van der Waals surface area contributed by atoms with Crippen molar-refractivity contribution in [1.29, 1.82) is 0 Å². The predicted molar refractivity (Wildman–Crippen MR) is 90.7 cm³/mol. The normalized spacial score (nSPS) is 23.8. The molecule has 0 spiro atoms. The highest BCUT2D eigenvalue weighted by Crippen LogP contribution is 2.31. The molecule has 1 aromatic carbocycles. The smallest absolute Gasteiger partial charge is 0.273 e. The molecule has 1 saturated heterocycles. The van der Waals surface area contributed by atoms with Gasteiger partial charge in [0, 0.05) is 17.5 Å². The Labute approximate surface area is 140 Å². The molecular formula is C18H20N2O2S. The van der Waals surface area contributed by atoms with Gasteiger partial charge in [0.25, 0.3) is 5.91 Å². The van der Waals surface area contributed by atoms with Gasteiger partial charge in [0.05, 0.1) is 18.8 Å². The van der Waals surface area contributed by atoms with E-state index in [2.05, 4.69) is 36.2 Å².